The Bertz CT molecular complexity index is 747. The number of amides is 1. The van der Waals surface area contributed by atoms with E-state index in [0.29, 0.717) is 32.6 Å². The van der Waals surface area contributed by atoms with Crippen LogP contribution >= 0.6 is 0 Å². The zero-order chi connectivity index (χ0) is 17.8. The molecule has 0 atom stereocenters. The SMILES string of the molecule is O=C(CCc1ccco1)NCC1(c2ccc3c(c2)OCCO3)CCCC1. The molecule has 1 saturated carbocycles. The summed E-state index contributed by atoms with van der Waals surface area (Å²) in [5.74, 6) is 2.56. The molecule has 0 unspecified atom stereocenters. The standard InChI is InChI=1S/C21H25NO4/c23-20(8-6-17-4-3-11-24-17)22-15-21(9-1-2-10-21)16-5-7-18-19(14-16)26-13-12-25-18/h3-5,7,11,14H,1-2,6,8-10,12-13,15H2,(H,22,23). The van der Waals surface area contributed by atoms with Crippen molar-refractivity contribution in [3.63, 3.8) is 0 Å². The van der Waals surface area contributed by atoms with Crippen LogP contribution in [0, 0.1) is 0 Å². The van der Waals surface area contributed by atoms with Crippen LogP contribution in [0.1, 0.15) is 43.4 Å². The molecule has 0 radical (unpaired) electrons. The first-order chi connectivity index (χ1) is 12.8. The second-order valence-corrected chi connectivity index (χ2v) is 7.20. The number of benzene rings is 1. The second kappa shape index (κ2) is 7.44. The molecule has 138 valence electrons. The third-order valence-corrected chi connectivity index (χ3v) is 5.52. The molecule has 0 saturated heterocycles. The summed E-state index contributed by atoms with van der Waals surface area (Å²) >= 11 is 0. The number of furan rings is 1. The Morgan fingerprint density at radius 3 is 2.65 bits per heavy atom. The molecule has 5 heteroatoms. The summed E-state index contributed by atoms with van der Waals surface area (Å²) in [6.07, 6.45) is 7.28. The first-order valence-electron chi connectivity index (χ1n) is 9.44. The molecule has 4 rings (SSSR count). The minimum Gasteiger partial charge on any atom is -0.486 e. The normalized spacial score (nSPS) is 17.8. The summed E-state index contributed by atoms with van der Waals surface area (Å²) < 4.78 is 16.7. The van der Waals surface area contributed by atoms with Crippen molar-refractivity contribution in [1.29, 1.82) is 0 Å². The van der Waals surface area contributed by atoms with Gasteiger partial charge in [-0.3, -0.25) is 4.79 Å². The van der Waals surface area contributed by atoms with Gasteiger partial charge >= 0.3 is 0 Å². The maximum absolute atomic E-state index is 12.3. The summed E-state index contributed by atoms with van der Waals surface area (Å²) in [6, 6.07) is 9.99. The summed E-state index contributed by atoms with van der Waals surface area (Å²) in [7, 11) is 0. The molecule has 1 aliphatic carbocycles. The molecular weight excluding hydrogens is 330 g/mol. The van der Waals surface area contributed by atoms with Gasteiger partial charge in [-0.2, -0.15) is 0 Å². The van der Waals surface area contributed by atoms with Gasteiger partial charge in [-0.25, -0.2) is 0 Å². The maximum atomic E-state index is 12.3. The average Bonchev–Trinajstić information content (AvgIpc) is 3.37. The third-order valence-electron chi connectivity index (χ3n) is 5.52. The molecule has 2 heterocycles. The molecule has 1 fully saturated rings. The Morgan fingerprint density at radius 2 is 1.88 bits per heavy atom. The van der Waals surface area contributed by atoms with Crippen LogP contribution < -0.4 is 14.8 Å². The topological polar surface area (TPSA) is 60.7 Å². The molecule has 1 N–H and O–H groups in total. The van der Waals surface area contributed by atoms with Crippen LogP contribution in [0.15, 0.2) is 41.0 Å². The first kappa shape index (κ1) is 17.0. The number of ether oxygens (including phenoxy) is 2. The van der Waals surface area contributed by atoms with E-state index in [9.17, 15) is 4.79 Å². The van der Waals surface area contributed by atoms with Gasteiger partial charge in [-0.05, 0) is 42.7 Å². The molecule has 1 amide bonds. The van der Waals surface area contributed by atoms with Crippen molar-refractivity contribution in [3.05, 3.63) is 47.9 Å². The van der Waals surface area contributed by atoms with Crippen LogP contribution in [0.5, 0.6) is 11.5 Å². The van der Waals surface area contributed by atoms with Gasteiger partial charge in [0.1, 0.15) is 19.0 Å². The second-order valence-electron chi connectivity index (χ2n) is 7.20. The Kier molecular flexibility index (Phi) is 4.87. The molecule has 1 aliphatic heterocycles. The van der Waals surface area contributed by atoms with Gasteiger partial charge in [0.25, 0.3) is 0 Å². The van der Waals surface area contributed by atoms with Gasteiger partial charge < -0.3 is 19.2 Å². The van der Waals surface area contributed by atoms with Crippen LogP contribution in [-0.4, -0.2) is 25.7 Å². The van der Waals surface area contributed by atoms with Gasteiger partial charge in [0.05, 0.1) is 6.26 Å². The highest BCUT2D eigenvalue weighted by Crippen LogP contribution is 2.43. The summed E-state index contributed by atoms with van der Waals surface area (Å²) in [6.45, 7) is 1.86. The van der Waals surface area contributed by atoms with E-state index in [1.807, 2.05) is 18.2 Å². The largest absolute Gasteiger partial charge is 0.486 e. The van der Waals surface area contributed by atoms with Gasteiger partial charge in [0.2, 0.25) is 5.91 Å². The highest BCUT2D eigenvalue weighted by Gasteiger charge is 2.36. The van der Waals surface area contributed by atoms with Gasteiger partial charge in [0, 0.05) is 24.8 Å². The summed E-state index contributed by atoms with van der Waals surface area (Å²) in [5.41, 5.74) is 1.24. The number of hydrogen-bond donors (Lipinski definition) is 1. The molecule has 2 aromatic rings. The van der Waals surface area contributed by atoms with E-state index in [2.05, 4.69) is 17.4 Å². The Labute approximate surface area is 153 Å². The lowest BCUT2D eigenvalue weighted by Gasteiger charge is -2.31. The minimum absolute atomic E-state index is 0.00379. The zero-order valence-corrected chi connectivity index (χ0v) is 15.0. The average molecular weight is 355 g/mol. The van der Waals surface area contributed by atoms with E-state index in [1.165, 1.54) is 18.4 Å². The molecule has 26 heavy (non-hydrogen) atoms. The Hall–Kier alpha value is -2.43. The van der Waals surface area contributed by atoms with Crippen molar-refractivity contribution in [2.75, 3.05) is 19.8 Å². The molecule has 2 aliphatic rings. The predicted molar refractivity (Wildman–Crippen MR) is 97.6 cm³/mol. The number of aryl methyl sites for hydroxylation is 1. The fourth-order valence-corrected chi connectivity index (χ4v) is 4.04. The van der Waals surface area contributed by atoms with Crippen LogP contribution in [-0.2, 0) is 16.6 Å². The lowest BCUT2D eigenvalue weighted by Crippen LogP contribution is -2.39. The zero-order valence-electron chi connectivity index (χ0n) is 15.0. The summed E-state index contributed by atoms with van der Waals surface area (Å²) in [4.78, 5) is 12.3. The summed E-state index contributed by atoms with van der Waals surface area (Å²) in [5, 5.41) is 3.15. The molecule has 1 aromatic heterocycles. The molecule has 5 nitrogen and oxygen atoms in total. The van der Waals surface area contributed by atoms with Gasteiger partial charge in [-0.1, -0.05) is 18.9 Å². The Balaban J connectivity index is 1.42. The van der Waals surface area contributed by atoms with Crippen LogP contribution in [0.25, 0.3) is 0 Å². The first-order valence-corrected chi connectivity index (χ1v) is 9.44. The van der Waals surface area contributed by atoms with E-state index >= 15 is 0 Å². The number of hydrogen-bond acceptors (Lipinski definition) is 4. The fourth-order valence-electron chi connectivity index (χ4n) is 4.04. The number of nitrogens with one attached hydrogen (secondary N) is 1. The van der Waals surface area contributed by atoms with Crippen molar-refractivity contribution in [2.24, 2.45) is 0 Å². The van der Waals surface area contributed by atoms with Crippen molar-refractivity contribution in [1.82, 2.24) is 5.32 Å². The van der Waals surface area contributed by atoms with Crippen LogP contribution in [0.2, 0.25) is 0 Å². The molecule has 0 bridgehead atoms. The monoisotopic (exact) mass is 355 g/mol. The molecule has 0 spiro atoms. The van der Waals surface area contributed by atoms with E-state index in [0.717, 1.165) is 30.1 Å². The van der Waals surface area contributed by atoms with Crippen molar-refractivity contribution >= 4 is 5.91 Å². The predicted octanol–water partition coefficient (Wildman–Crippen LogP) is 3.61. The smallest absolute Gasteiger partial charge is 0.220 e. The maximum Gasteiger partial charge on any atom is 0.220 e. The number of carbonyl (C=O) groups excluding carboxylic acids is 1. The van der Waals surface area contributed by atoms with Crippen molar-refractivity contribution in [3.8, 4) is 11.5 Å². The number of fused-ring (bicyclic) bond motifs is 1. The quantitative estimate of drug-likeness (QED) is 0.860. The number of rotatable bonds is 6. The van der Waals surface area contributed by atoms with Crippen LogP contribution in [0.4, 0.5) is 0 Å². The van der Waals surface area contributed by atoms with Gasteiger partial charge in [-0.15, -0.1) is 0 Å². The van der Waals surface area contributed by atoms with E-state index in [1.54, 1.807) is 6.26 Å². The van der Waals surface area contributed by atoms with E-state index in [4.69, 9.17) is 13.9 Å². The van der Waals surface area contributed by atoms with Crippen molar-refractivity contribution in [2.45, 2.75) is 43.9 Å². The van der Waals surface area contributed by atoms with E-state index < -0.39 is 0 Å². The third kappa shape index (κ3) is 3.57. The molecule has 1 aromatic carbocycles. The van der Waals surface area contributed by atoms with Crippen molar-refractivity contribution < 1.29 is 18.7 Å². The van der Waals surface area contributed by atoms with Crippen LogP contribution in [0.3, 0.4) is 0 Å². The Morgan fingerprint density at radius 1 is 1.08 bits per heavy atom. The highest BCUT2D eigenvalue weighted by molar-refractivity contribution is 5.76. The lowest BCUT2D eigenvalue weighted by molar-refractivity contribution is -0.121. The molecular formula is C21H25NO4. The lowest BCUT2D eigenvalue weighted by atomic mass is 9.78. The highest BCUT2D eigenvalue weighted by atomic mass is 16.6. The fraction of sp³-hybridized carbons (Fsp3) is 0.476. The van der Waals surface area contributed by atoms with E-state index in [-0.39, 0.29) is 11.3 Å². The minimum atomic E-state index is -0.00379. The number of carbonyl (C=O) groups is 1. The van der Waals surface area contributed by atoms with Gasteiger partial charge in [0.15, 0.2) is 11.5 Å².